The third kappa shape index (κ3) is 3.67. The van der Waals surface area contributed by atoms with Crippen LogP contribution in [-0.4, -0.2) is 38.6 Å². The number of aromatic nitrogens is 4. The molecule has 4 aromatic carbocycles. The number of carboxylic acid groups (broad SMARTS) is 1. The summed E-state index contributed by atoms with van der Waals surface area (Å²) >= 11 is 0. The van der Waals surface area contributed by atoms with Gasteiger partial charge in [-0.2, -0.15) is 0 Å². The number of rotatable bonds is 7. The van der Waals surface area contributed by atoms with Crippen molar-refractivity contribution in [1.82, 2.24) is 20.2 Å². The van der Waals surface area contributed by atoms with E-state index in [0.717, 1.165) is 16.7 Å². The van der Waals surface area contributed by atoms with Gasteiger partial charge in [0.05, 0.1) is 5.56 Å². The first-order chi connectivity index (χ1) is 16.7. The average Bonchev–Trinajstić information content (AvgIpc) is 3.35. The second kappa shape index (κ2) is 9.15. The van der Waals surface area contributed by atoms with Gasteiger partial charge < -0.3 is 5.11 Å². The van der Waals surface area contributed by atoms with Gasteiger partial charge in [0, 0.05) is 0 Å². The molecule has 0 fully saturated rings. The van der Waals surface area contributed by atoms with E-state index in [2.05, 4.69) is 51.9 Å². The molecule has 0 radical (unpaired) electrons. The van der Waals surface area contributed by atoms with Crippen LogP contribution in [0.3, 0.4) is 0 Å². The van der Waals surface area contributed by atoms with Crippen LogP contribution in [0.4, 0.5) is 0 Å². The van der Waals surface area contributed by atoms with E-state index in [9.17, 15) is 9.90 Å². The van der Waals surface area contributed by atoms with Crippen LogP contribution in [0.5, 0.6) is 0 Å². The van der Waals surface area contributed by atoms with E-state index >= 15 is 0 Å². The summed E-state index contributed by atoms with van der Waals surface area (Å²) in [5.74, 6) is -0.977. The van der Waals surface area contributed by atoms with Crippen LogP contribution in [0.25, 0.3) is 0 Å². The van der Waals surface area contributed by atoms with E-state index in [1.807, 2.05) is 65.3 Å². The first-order valence-corrected chi connectivity index (χ1v) is 11.0. The topological polar surface area (TPSA) is 80.9 Å². The molecule has 0 unspecified atom stereocenters. The van der Waals surface area contributed by atoms with E-state index in [1.54, 1.807) is 18.2 Å². The Kier molecular flexibility index (Phi) is 5.74. The quantitative estimate of drug-likeness (QED) is 0.308. The summed E-state index contributed by atoms with van der Waals surface area (Å²) in [6.45, 7) is 0. The van der Waals surface area contributed by atoms with Crippen LogP contribution in [0.2, 0.25) is 0 Å². The van der Waals surface area contributed by atoms with E-state index in [0.29, 0.717) is 11.2 Å². The number of hydrogen-bond acceptors (Lipinski definition) is 4. The summed E-state index contributed by atoms with van der Waals surface area (Å²) in [5.41, 5.74) is 3.56. The lowest BCUT2D eigenvalue weighted by Gasteiger charge is -2.36. The maximum absolute atomic E-state index is 11.8. The number of aromatic carboxylic acids is 1. The second-order valence-corrected chi connectivity index (χ2v) is 7.95. The Morgan fingerprint density at radius 2 is 1.18 bits per heavy atom. The molecule has 164 valence electrons. The van der Waals surface area contributed by atoms with Crippen molar-refractivity contribution in [2.24, 2.45) is 0 Å². The van der Waals surface area contributed by atoms with Crippen LogP contribution < -0.4 is 11.2 Å². The van der Waals surface area contributed by atoms with Gasteiger partial charge in [-0.1, -0.05) is 115 Å². The lowest BCUT2D eigenvalue weighted by molar-refractivity contribution is 0.0698. The van der Waals surface area contributed by atoms with Crippen molar-refractivity contribution in [2.75, 3.05) is 0 Å². The minimum atomic E-state index is -0.977. The third-order valence-electron chi connectivity index (χ3n) is 6.02. The van der Waals surface area contributed by atoms with Crippen LogP contribution in [0, 0.1) is 0 Å². The molecule has 6 nitrogen and oxygen atoms in total. The first kappa shape index (κ1) is 21.3. The van der Waals surface area contributed by atoms with Crippen molar-refractivity contribution in [1.29, 1.82) is 0 Å². The molecule has 1 N–H and O–H groups in total. The summed E-state index contributed by atoms with van der Waals surface area (Å²) in [6, 6.07) is 37.3. The molecule has 0 aliphatic rings. The lowest BCUT2D eigenvalue weighted by atomic mass is 9.66. The molecule has 7 heteroatoms. The number of carboxylic acids is 1. The first-order valence-electron chi connectivity index (χ1n) is 11.0. The molecule has 0 spiro atoms. The van der Waals surface area contributed by atoms with Gasteiger partial charge in [0.15, 0.2) is 0 Å². The molecule has 0 aliphatic heterocycles. The fraction of sp³-hybridized carbons (Fsp3) is 0.0370. The summed E-state index contributed by atoms with van der Waals surface area (Å²) in [5, 5.41) is 22.6. The third-order valence-corrected chi connectivity index (χ3v) is 6.02. The second-order valence-electron chi connectivity index (χ2n) is 7.95. The predicted molar refractivity (Wildman–Crippen MR) is 132 cm³/mol. The Hall–Kier alpha value is -4.52. The van der Waals surface area contributed by atoms with E-state index in [1.165, 1.54) is 0 Å². The number of hydrogen-bond donors (Lipinski definition) is 1. The molecule has 0 saturated heterocycles. The number of benzene rings is 4. The highest BCUT2D eigenvalue weighted by Gasteiger charge is 2.41. The number of carbonyl (C=O) groups is 1. The SMILES string of the molecule is O=C(O)c1ccccc1Bc1nnnn1C(c1ccccc1)(c1ccccc1)c1ccccc1. The van der Waals surface area contributed by atoms with Gasteiger partial charge in [0.25, 0.3) is 0 Å². The van der Waals surface area contributed by atoms with Crippen molar-refractivity contribution < 1.29 is 9.90 Å². The Labute approximate surface area is 197 Å². The zero-order valence-corrected chi connectivity index (χ0v) is 18.3. The fourth-order valence-electron chi connectivity index (χ4n) is 4.53. The molecule has 0 saturated carbocycles. The van der Waals surface area contributed by atoms with Crippen molar-refractivity contribution in [3.8, 4) is 0 Å². The molecule has 0 amide bonds. The molecule has 5 rings (SSSR count). The normalized spacial score (nSPS) is 11.2. The van der Waals surface area contributed by atoms with E-state index in [-0.39, 0.29) is 12.8 Å². The Balaban J connectivity index is 1.79. The highest BCUT2D eigenvalue weighted by atomic mass is 16.4. The van der Waals surface area contributed by atoms with E-state index in [4.69, 9.17) is 0 Å². The van der Waals surface area contributed by atoms with Crippen LogP contribution in [0.15, 0.2) is 115 Å². The van der Waals surface area contributed by atoms with Crippen LogP contribution >= 0.6 is 0 Å². The Morgan fingerprint density at radius 1 is 0.706 bits per heavy atom. The summed E-state index contributed by atoms with van der Waals surface area (Å²) in [7, 11) is 0.268. The standard InChI is InChI=1S/C27H21BN4O2/c33-25(34)23-18-10-11-19-24(23)28-26-29-30-31-32(26)27(20-12-4-1-5-13-20,21-14-6-2-7-15-21)22-16-8-3-9-17-22/h1-19,28H,(H,33,34). The number of tetrazole rings is 1. The van der Waals surface area contributed by atoms with Gasteiger partial charge in [0.1, 0.15) is 11.3 Å². The molecule has 0 atom stereocenters. The van der Waals surface area contributed by atoms with Crippen molar-refractivity contribution in [2.45, 2.75) is 5.54 Å². The summed E-state index contributed by atoms with van der Waals surface area (Å²) in [6.07, 6.45) is 0. The fourth-order valence-corrected chi connectivity index (χ4v) is 4.53. The molecule has 1 aromatic heterocycles. The zero-order chi connectivity index (χ0) is 23.4. The predicted octanol–water partition coefficient (Wildman–Crippen LogP) is 2.60. The Morgan fingerprint density at radius 3 is 1.68 bits per heavy atom. The molecule has 0 aliphatic carbocycles. The minimum absolute atomic E-state index is 0.238. The summed E-state index contributed by atoms with van der Waals surface area (Å²) in [4.78, 5) is 11.8. The van der Waals surface area contributed by atoms with Gasteiger partial charge in [-0.3, -0.25) is 0 Å². The lowest BCUT2D eigenvalue weighted by Crippen LogP contribution is -2.48. The van der Waals surface area contributed by atoms with Crippen molar-refractivity contribution in [3.05, 3.63) is 138 Å². The van der Waals surface area contributed by atoms with Gasteiger partial charge in [-0.25, -0.2) is 9.48 Å². The monoisotopic (exact) mass is 444 g/mol. The van der Waals surface area contributed by atoms with E-state index < -0.39 is 11.5 Å². The van der Waals surface area contributed by atoms with Gasteiger partial charge in [0.2, 0.25) is 7.28 Å². The molecule has 34 heavy (non-hydrogen) atoms. The highest BCUT2D eigenvalue weighted by molar-refractivity contribution is 6.67. The highest BCUT2D eigenvalue weighted by Crippen LogP contribution is 2.39. The average molecular weight is 444 g/mol. The maximum Gasteiger partial charge on any atom is 0.335 e. The molecule has 0 bridgehead atoms. The zero-order valence-electron chi connectivity index (χ0n) is 18.3. The van der Waals surface area contributed by atoms with Crippen molar-refractivity contribution >= 4 is 24.4 Å². The van der Waals surface area contributed by atoms with Gasteiger partial charge >= 0.3 is 5.97 Å². The van der Waals surface area contributed by atoms with Crippen LogP contribution in [-0.2, 0) is 5.54 Å². The smallest absolute Gasteiger partial charge is 0.335 e. The summed E-state index contributed by atoms with van der Waals surface area (Å²) < 4.78 is 1.83. The van der Waals surface area contributed by atoms with Gasteiger partial charge in [-0.15, -0.1) is 5.10 Å². The largest absolute Gasteiger partial charge is 0.478 e. The minimum Gasteiger partial charge on any atom is -0.478 e. The molecule has 5 aromatic rings. The molecular formula is C27H21BN4O2. The number of nitrogens with zero attached hydrogens (tertiary/aromatic N) is 4. The molecule has 1 heterocycles. The van der Waals surface area contributed by atoms with Gasteiger partial charge in [-0.05, 0) is 33.2 Å². The van der Waals surface area contributed by atoms with Crippen LogP contribution in [0.1, 0.15) is 27.0 Å². The maximum atomic E-state index is 11.8. The Bertz CT molecular complexity index is 1310. The molecular weight excluding hydrogens is 423 g/mol. The van der Waals surface area contributed by atoms with Crippen molar-refractivity contribution in [3.63, 3.8) is 0 Å².